The van der Waals surface area contributed by atoms with Crippen molar-refractivity contribution in [3.05, 3.63) is 29.8 Å². The second kappa shape index (κ2) is 4.01. The lowest BCUT2D eigenvalue weighted by atomic mass is 10.2. The van der Waals surface area contributed by atoms with Gasteiger partial charge in [0.25, 0.3) is 0 Å². The smallest absolute Gasteiger partial charge is 0.0462 e. The number of anilines is 1. The van der Waals surface area contributed by atoms with E-state index in [1.807, 2.05) is 12.1 Å². The van der Waals surface area contributed by atoms with Gasteiger partial charge in [-0.2, -0.15) is 0 Å². The zero-order chi connectivity index (χ0) is 9.97. The number of hydrogen-bond acceptors (Lipinski definition) is 2. The maximum absolute atomic E-state index is 8.90. The Morgan fingerprint density at radius 2 is 2.14 bits per heavy atom. The number of nitrogens with one attached hydrogen (secondary N) is 1. The molecule has 0 amide bonds. The number of hydrogen-bond donors (Lipinski definition) is 2. The lowest BCUT2D eigenvalue weighted by molar-refractivity contribution is 0.270. The molecule has 76 valence electrons. The topological polar surface area (TPSA) is 32.3 Å². The van der Waals surface area contributed by atoms with Crippen LogP contribution in [0.25, 0.3) is 0 Å². The summed E-state index contributed by atoms with van der Waals surface area (Å²) in [5.74, 6) is 1.23. The molecule has 2 atom stereocenters. The number of benzene rings is 1. The van der Waals surface area contributed by atoms with Crippen molar-refractivity contribution in [2.75, 3.05) is 18.5 Å². The zero-order valence-corrected chi connectivity index (χ0v) is 8.53. The predicted molar refractivity (Wildman–Crippen MR) is 58.4 cm³/mol. The van der Waals surface area contributed by atoms with Crippen LogP contribution >= 0.6 is 0 Å². The van der Waals surface area contributed by atoms with Gasteiger partial charge in [0.2, 0.25) is 0 Å². The van der Waals surface area contributed by atoms with Crippen LogP contribution in [0, 0.1) is 18.8 Å². The standard InChI is InChI=1S/C12H17NO/c1-9-4-2-3-5-12(9)13-7-10-6-11(10)8-14/h2-5,10-11,13-14H,6-8H2,1H3/t10-,11-/m1/s1. The van der Waals surface area contributed by atoms with Gasteiger partial charge in [-0.15, -0.1) is 0 Å². The molecule has 1 aromatic carbocycles. The van der Waals surface area contributed by atoms with Crippen molar-refractivity contribution in [3.63, 3.8) is 0 Å². The SMILES string of the molecule is Cc1ccccc1NC[C@H]1C[C@@H]1CO. The minimum Gasteiger partial charge on any atom is -0.396 e. The van der Waals surface area contributed by atoms with Crippen LogP contribution in [0.2, 0.25) is 0 Å². The molecule has 2 N–H and O–H groups in total. The van der Waals surface area contributed by atoms with Crippen molar-refractivity contribution in [2.45, 2.75) is 13.3 Å². The Morgan fingerprint density at radius 3 is 2.79 bits per heavy atom. The minimum absolute atomic E-state index is 0.347. The molecule has 0 aliphatic heterocycles. The second-order valence-corrected chi connectivity index (χ2v) is 4.13. The number of aliphatic hydroxyl groups excluding tert-OH is 1. The van der Waals surface area contributed by atoms with Crippen LogP contribution in [-0.2, 0) is 0 Å². The molecule has 0 saturated heterocycles. The first-order valence-corrected chi connectivity index (χ1v) is 5.21. The van der Waals surface area contributed by atoms with Gasteiger partial charge in [-0.3, -0.25) is 0 Å². The zero-order valence-electron chi connectivity index (χ0n) is 8.53. The van der Waals surface area contributed by atoms with E-state index in [1.165, 1.54) is 17.7 Å². The van der Waals surface area contributed by atoms with Gasteiger partial charge in [0, 0.05) is 18.8 Å². The van der Waals surface area contributed by atoms with E-state index in [2.05, 4.69) is 24.4 Å². The van der Waals surface area contributed by atoms with Crippen molar-refractivity contribution in [1.29, 1.82) is 0 Å². The quantitative estimate of drug-likeness (QED) is 0.763. The summed E-state index contributed by atoms with van der Waals surface area (Å²) >= 11 is 0. The van der Waals surface area contributed by atoms with Gasteiger partial charge in [-0.25, -0.2) is 0 Å². The summed E-state index contributed by atoms with van der Waals surface area (Å²) in [7, 11) is 0. The summed E-state index contributed by atoms with van der Waals surface area (Å²) in [6.45, 7) is 3.45. The van der Waals surface area contributed by atoms with Gasteiger partial charge in [0.05, 0.1) is 0 Å². The maximum atomic E-state index is 8.90. The fourth-order valence-electron chi connectivity index (χ4n) is 1.80. The average molecular weight is 191 g/mol. The fraction of sp³-hybridized carbons (Fsp3) is 0.500. The van der Waals surface area contributed by atoms with Crippen molar-refractivity contribution in [2.24, 2.45) is 11.8 Å². The number of rotatable bonds is 4. The van der Waals surface area contributed by atoms with Crippen LogP contribution in [0.5, 0.6) is 0 Å². The molecule has 1 aliphatic carbocycles. The van der Waals surface area contributed by atoms with Crippen LogP contribution in [0.15, 0.2) is 24.3 Å². The average Bonchev–Trinajstić information content (AvgIpc) is 2.95. The van der Waals surface area contributed by atoms with Gasteiger partial charge < -0.3 is 10.4 Å². The normalized spacial score (nSPS) is 24.7. The Labute approximate surface area is 85.0 Å². The molecule has 0 bridgehead atoms. The molecule has 0 heterocycles. The van der Waals surface area contributed by atoms with E-state index in [0.29, 0.717) is 18.4 Å². The molecular formula is C12H17NO. The van der Waals surface area contributed by atoms with Crippen LogP contribution in [0.3, 0.4) is 0 Å². The van der Waals surface area contributed by atoms with Crippen molar-refractivity contribution in [3.8, 4) is 0 Å². The Balaban J connectivity index is 1.84. The highest BCUT2D eigenvalue weighted by atomic mass is 16.3. The number of aryl methyl sites for hydroxylation is 1. The summed E-state index contributed by atoms with van der Waals surface area (Å²) < 4.78 is 0. The Hall–Kier alpha value is -1.02. The molecule has 0 aromatic heterocycles. The van der Waals surface area contributed by atoms with E-state index in [0.717, 1.165) is 6.54 Å². The van der Waals surface area contributed by atoms with Crippen LogP contribution in [-0.4, -0.2) is 18.3 Å². The molecule has 1 aromatic rings. The third-order valence-electron chi connectivity index (χ3n) is 3.00. The monoisotopic (exact) mass is 191 g/mol. The van der Waals surface area contributed by atoms with Gasteiger partial charge >= 0.3 is 0 Å². The molecule has 1 aliphatic rings. The summed E-state index contributed by atoms with van der Waals surface area (Å²) in [4.78, 5) is 0. The van der Waals surface area contributed by atoms with Gasteiger partial charge in [-0.05, 0) is 36.8 Å². The van der Waals surface area contributed by atoms with E-state index in [9.17, 15) is 0 Å². The largest absolute Gasteiger partial charge is 0.396 e. The van der Waals surface area contributed by atoms with Gasteiger partial charge in [0.1, 0.15) is 0 Å². The molecule has 1 saturated carbocycles. The molecule has 2 nitrogen and oxygen atoms in total. The number of para-hydroxylation sites is 1. The van der Waals surface area contributed by atoms with E-state index < -0.39 is 0 Å². The molecule has 2 rings (SSSR count). The van der Waals surface area contributed by atoms with Gasteiger partial charge in [-0.1, -0.05) is 18.2 Å². The van der Waals surface area contributed by atoms with Crippen molar-refractivity contribution < 1.29 is 5.11 Å². The van der Waals surface area contributed by atoms with E-state index >= 15 is 0 Å². The fourth-order valence-corrected chi connectivity index (χ4v) is 1.80. The summed E-state index contributed by atoms with van der Waals surface area (Å²) in [5.41, 5.74) is 2.50. The summed E-state index contributed by atoms with van der Waals surface area (Å²) in [6, 6.07) is 8.31. The highest BCUT2D eigenvalue weighted by Gasteiger charge is 2.35. The second-order valence-electron chi connectivity index (χ2n) is 4.13. The van der Waals surface area contributed by atoms with Crippen molar-refractivity contribution in [1.82, 2.24) is 0 Å². The van der Waals surface area contributed by atoms with E-state index in [-0.39, 0.29) is 0 Å². The highest BCUT2D eigenvalue weighted by molar-refractivity contribution is 5.50. The Kier molecular flexibility index (Phi) is 2.73. The summed E-state index contributed by atoms with van der Waals surface area (Å²) in [5, 5.41) is 12.3. The minimum atomic E-state index is 0.347. The van der Waals surface area contributed by atoms with E-state index in [1.54, 1.807) is 0 Å². The summed E-state index contributed by atoms with van der Waals surface area (Å²) in [6.07, 6.45) is 1.18. The third-order valence-corrected chi connectivity index (χ3v) is 3.00. The third kappa shape index (κ3) is 2.07. The molecule has 0 spiro atoms. The Bertz CT molecular complexity index is 311. The highest BCUT2D eigenvalue weighted by Crippen LogP contribution is 2.37. The lowest BCUT2D eigenvalue weighted by Crippen LogP contribution is -2.06. The van der Waals surface area contributed by atoms with Crippen LogP contribution in [0.4, 0.5) is 5.69 Å². The van der Waals surface area contributed by atoms with Crippen molar-refractivity contribution >= 4 is 5.69 Å². The lowest BCUT2D eigenvalue weighted by Gasteiger charge is -2.08. The molecule has 14 heavy (non-hydrogen) atoms. The molecule has 2 heteroatoms. The van der Waals surface area contributed by atoms with Crippen LogP contribution in [0.1, 0.15) is 12.0 Å². The Morgan fingerprint density at radius 1 is 1.36 bits per heavy atom. The first-order chi connectivity index (χ1) is 6.81. The van der Waals surface area contributed by atoms with Crippen LogP contribution < -0.4 is 5.32 Å². The van der Waals surface area contributed by atoms with E-state index in [4.69, 9.17) is 5.11 Å². The predicted octanol–water partition coefficient (Wildman–Crippen LogP) is 2.04. The van der Waals surface area contributed by atoms with Gasteiger partial charge in [0.15, 0.2) is 0 Å². The molecule has 0 unspecified atom stereocenters. The molecule has 0 radical (unpaired) electrons. The molecular weight excluding hydrogens is 174 g/mol. The number of aliphatic hydroxyl groups is 1. The molecule has 1 fully saturated rings. The first-order valence-electron chi connectivity index (χ1n) is 5.21. The first kappa shape index (κ1) is 9.53. The maximum Gasteiger partial charge on any atom is 0.0462 e.